The maximum Gasteiger partial charge on any atom is 0.179 e. The normalized spacial score (nSPS) is 11.6. The van der Waals surface area contributed by atoms with E-state index >= 15 is 0 Å². The van der Waals surface area contributed by atoms with Gasteiger partial charge in [-0.2, -0.15) is 4.37 Å². The van der Waals surface area contributed by atoms with Crippen molar-refractivity contribution in [2.45, 2.75) is 0 Å². The number of rotatable bonds is 3. The highest BCUT2D eigenvalue weighted by Gasteiger charge is 1.99. The van der Waals surface area contributed by atoms with E-state index in [1.807, 2.05) is 54.6 Å². The zero-order valence-corrected chi connectivity index (χ0v) is 12.6. The largest absolute Gasteiger partial charge is 0.457 e. The molecule has 3 aromatic rings. The first-order valence-corrected chi connectivity index (χ1v) is 8.29. The summed E-state index contributed by atoms with van der Waals surface area (Å²) in [6.45, 7) is 0. The Labute approximate surface area is 128 Å². The van der Waals surface area contributed by atoms with Crippen molar-refractivity contribution >= 4 is 38.2 Å². The minimum Gasteiger partial charge on any atom is -0.457 e. The van der Waals surface area contributed by atoms with E-state index in [1.165, 1.54) is 20.9 Å². The van der Waals surface area contributed by atoms with Gasteiger partial charge < -0.3 is 4.74 Å². The maximum absolute atomic E-state index is 5.92. The number of halogens is 1. The van der Waals surface area contributed by atoms with Crippen LogP contribution in [0.1, 0.15) is 0 Å². The Morgan fingerprint density at radius 2 is 1.65 bits per heavy atom. The lowest BCUT2D eigenvalue weighted by Gasteiger charge is -2.04. The first kappa shape index (κ1) is 13.3. The molecule has 3 rings (SSSR count). The van der Waals surface area contributed by atoms with Crippen molar-refractivity contribution in [3.8, 4) is 11.5 Å². The van der Waals surface area contributed by atoms with Crippen LogP contribution in [0.3, 0.4) is 0 Å². The third-order valence-corrected chi connectivity index (χ3v) is 4.63. The Morgan fingerprint density at radius 3 is 2.30 bits per heavy atom. The van der Waals surface area contributed by atoms with E-state index in [-0.39, 0.29) is 0 Å². The highest BCUT2D eigenvalue weighted by Crippen LogP contribution is 2.23. The minimum absolute atomic E-state index is 0.449. The Balaban J connectivity index is 1.80. The summed E-state index contributed by atoms with van der Waals surface area (Å²) in [6, 6.07) is 17.2. The van der Waals surface area contributed by atoms with Crippen LogP contribution in [-0.4, -0.2) is 4.37 Å². The number of ether oxygens (including phenoxy) is 1. The second-order valence-electron chi connectivity index (χ2n) is 3.87. The zero-order valence-electron chi connectivity index (χ0n) is 10.2. The lowest BCUT2D eigenvalue weighted by molar-refractivity contribution is 0.483. The fourth-order valence-electron chi connectivity index (χ4n) is 1.56. The summed E-state index contributed by atoms with van der Waals surface area (Å²) in [4.78, 5) is 4.43. The molecule has 0 aliphatic heterocycles. The summed E-state index contributed by atoms with van der Waals surface area (Å²) < 4.78 is 10.4. The van der Waals surface area contributed by atoms with Crippen molar-refractivity contribution in [3.63, 3.8) is 0 Å². The molecule has 100 valence electrons. The fourth-order valence-corrected chi connectivity index (χ4v) is 3.55. The lowest BCUT2D eigenvalue weighted by atomic mass is 10.3. The highest BCUT2D eigenvalue weighted by atomic mass is 35.5. The topological polar surface area (TPSA) is 34.5 Å². The molecular weight excluding hydrogens is 312 g/mol. The molecule has 0 amide bonds. The van der Waals surface area contributed by atoms with Gasteiger partial charge in [-0.1, -0.05) is 29.8 Å². The minimum atomic E-state index is 0.449. The molecule has 2 aromatic carbocycles. The third kappa shape index (κ3) is 3.25. The van der Waals surface area contributed by atoms with Crippen molar-refractivity contribution in [2.24, 2.45) is 4.99 Å². The monoisotopic (exact) mass is 320 g/mol. The van der Waals surface area contributed by atoms with Crippen molar-refractivity contribution < 1.29 is 4.74 Å². The average Bonchev–Trinajstić information content (AvgIpc) is 2.88. The third-order valence-electron chi connectivity index (χ3n) is 2.46. The summed E-state index contributed by atoms with van der Waals surface area (Å²) in [5, 5.41) is 0.449. The summed E-state index contributed by atoms with van der Waals surface area (Å²) in [7, 11) is 2.78. The number of hydrogen-bond donors (Lipinski definition) is 0. The smallest absolute Gasteiger partial charge is 0.179 e. The Hall–Kier alpha value is -1.69. The molecule has 0 spiro atoms. The van der Waals surface area contributed by atoms with E-state index in [9.17, 15) is 0 Å². The van der Waals surface area contributed by atoms with Gasteiger partial charge in [0.1, 0.15) is 11.5 Å². The van der Waals surface area contributed by atoms with Crippen LogP contribution in [0.5, 0.6) is 11.5 Å². The molecule has 0 aliphatic carbocycles. The molecule has 0 N–H and O–H groups in total. The van der Waals surface area contributed by atoms with Gasteiger partial charge in [0.15, 0.2) is 9.82 Å². The van der Waals surface area contributed by atoms with Gasteiger partial charge in [-0.15, -0.1) is 0 Å². The molecule has 0 bridgehead atoms. The molecule has 0 atom stereocenters. The predicted octanol–water partition coefficient (Wildman–Crippen LogP) is 4.88. The number of para-hydroxylation sites is 1. The van der Waals surface area contributed by atoms with Gasteiger partial charge in [0, 0.05) is 10.5 Å². The van der Waals surface area contributed by atoms with Crippen LogP contribution in [0.25, 0.3) is 0 Å². The van der Waals surface area contributed by atoms with E-state index < -0.39 is 0 Å². The van der Waals surface area contributed by atoms with Crippen LogP contribution in [0.15, 0.2) is 59.6 Å². The predicted molar refractivity (Wildman–Crippen MR) is 83.2 cm³/mol. The van der Waals surface area contributed by atoms with Gasteiger partial charge in [-0.05, 0) is 46.7 Å². The van der Waals surface area contributed by atoms with Crippen LogP contribution in [0, 0.1) is 0 Å². The Morgan fingerprint density at radius 1 is 0.950 bits per heavy atom. The van der Waals surface area contributed by atoms with Crippen molar-refractivity contribution in [2.75, 3.05) is 0 Å². The van der Waals surface area contributed by atoms with Crippen LogP contribution in [0.2, 0.25) is 5.15 Å². The summed E-state index contributed by atoms with van der Waals surface area (Å²) in [6.07, 6.45) is 0. The highest BCUT2D eigenvalue weighted by molar-refractivity contribution is 7.66. The lowest BCUT2D eigenvalue weighted by Crippen LogP contribution is -1.92. The number of hydrogen-bond acceptors (Lipinski definition) is 5. The van der Waals surface area contributed by atoms with Gasteiger partial charge in [0.05, 0.1) is 5.69 Å². The first-order valence-electron chi connectivity index (χ1n) is 5.80. The van der Waals surface area contributed by atoms with Crippen LogP contribution in [-0.2, 0) is 0 Å². The van der Waals surface area contributed by atoms with Crippen molar-refractivity contribution in [1.29, 1.82) is 0 Å². The van der Waals surface area contributed by atoms with E-state index in [4.69, 9.17) is 16.3 Å². The number of benzene rings is 2. The molecule has 0 saturated heterocycles. The summed E-state index contributed by atoms with van der Waals surface area (Å²) >= 11 is 5.92. The molecule has 0 fully saturated rings. The van der Waals surface area contributed by atoms with Crippen molar-refractivity contribution in [3.05, 3.63) is 64.4 Å². The molecular formula is C14H9ClN2OS2. The van der Waals surface area contributed by atoms with Crippen LogP contribution < -0.4 is 9.41 Å². The fraction of sp³-hybridized carbons (Fsp3) is 0. The second-order valence-corrected chi connectivity index (χ2v) is 6.06. The molecule has 20 heavy (non-hydrogen) atoms. The maximum atomic E-state index is 5.92. The van der Waals surface area contributed by atoms with E-state index in [1.54, 1.807) is 0 Å². The molecule has 1 heterocycles. The van der Waals surface area contributed by atoms with Gasteiger partial charge in [-0.25, -0.2) is 4.99 Å². The molecule has 0 unspecified atom stereocenters. The second kappa shape index (κ2) is 6.17. The quantitative estimate of drug-likeness (QED) is 0.644. The van der Waals surface area contributed by atoms with Gasteiger partial charge in [-0.3, -0.25) is 0 Å². The number of nitrogens with zero attached hydrogens (tertiary/aromatic N) is 2. The van der Waals surface area contributed by atoms with E-state index in [0.717, 1.165) is 21.9 Å². The van der Waals surface area contributed by atoms with Gasteiger partial charge in [0.25, 0.3) is 0 Å². The van der Waals surface area contributed by atoms with Gasteiger partial charge in [0.2, 0.25) is 0 Å². The molecule has 1 aromatic heterocycles. The SMILES string of the molecule is Clc1nssc1=Nc1ccc(Oc2ccccc2)cc1. The average molecular weight is 321 g/mol. The molecule has 3 nitrogen and oxygen atoms in total. The Bertz CT molecular complexity index is 751. The zero-order chi connectivity index (χ0) is 13.8. The van der Waals surface area contributed by atoms with Gasteiger partial charge >= 0.3 is 0 Å². The van der Waals surface area contributed by atoms with Crippen molar-refractivity contribution in [1.82, 2.24) is 4.37 Å². The molecule has 0 radical (unpaired) electrons. The van der Waals surface area contributed by atoms with E-state index in [0.29, 0.717) is 5.15 Å². The molecule has 0 aliphatic rings. The standard InChI is InChI=1S/C14H9ClN2OS2/c15-13-14(19-20-17-13)16-10-6-8-12(9-7-10)18-11-4-2-1-3-5-11/h1-9H. The van der Waals surface area contributed by atoms with Crippen LogP contribution >= 0.6 is 32.5 Å². The summed E-state index contributed by atoms with van der Waals surface area (Å²) in [5.74, 6) is 1.58. The molecule has 0 saturated carbocycles. The van der Waals surface area contributed by atoms with Crippen LogP contribution in [0.4, 0.5) is 5.69 Å². The molecule has 6 heteroatoms. The number of aromatic nitrogens is 1. The summed E-state index contributed by atoms with van der Waals surface area (Å²) in [5.41, 5.74) is 0.823. The van der Waals surface area contributed by atoms with E-state index in [2.05, 4.69) is 9.37 Å². The first-order chi connectivity index (χ1) is 9.81. The Kier molecular flexibility index (Phi) is 4.11.